The Kier molecular flexibility index (Phi) is 5.47. The van der Waals surface area contributed by atoms with Gasteiger partial charge in [-0.1, -0.05) is 0 Å². The zero-order valence-electron chi connectivity index (χ0n) is 14.9. The molecule has 1 N–H and O–H groups in total. The first kappa shape index (κ1) is 18.7. The number of thioether (sulfide) groups is 1. The van der Waals surface area contributed by atoms with E-state index in [2.05, 4.69) is 10.1 Å². The summed E-state index contributed by atoms with van der Waals surface area (Å²) in [6.45, 7) is 0. The van der Waals surface area contributed by atoms with E-state index in [0.717, 1.165) is 37.4 Å². The average Bonchev–Trinajstić information content (AvgIpc) is 3.33. The molecule has 28 heavy (non-hydrogen) atoms. The van der Waals surface area contributed by atoms with Crippen LogP contribution >= 0.6 is 11.8 Å². The summed E-state index contributed by atoms with van der Waals surface area (Å²) in [5, 5.41) is 12.5. The quantitative estimate of drug-likeness (QED) is 0.560. The van der Waals surface area contributed by atoms with E-state index in [-0.39, 0.29) is 22.6 Å². The van der Waals surface area contributed by atoms with E-state index in [0.29, 0.717) is 22.8 Å². The molecule has 5 nitrogen and oxygen atoms in total. The number of ether oxygens (including phenoxy) is 1. The summed E-state index contributed by atoms with van der Waals surface area (Å²) >= 11 is 0.933. The van der Waals surface area contributed by atoms with Crippen LogP contribution in [0.2, 0.25) is 0 Å². The SMILES string of the molecule is Oc1cc(CSc2c(F)cc(-c3cccnc3OC3CCCC3)cc2F)on1. The van der Waals surface area contributed by atoms with E-state index >= 15 is 0 Å². The van der Waals surface area contributed by atoms with Crippen molar-refractivity contribution < 1.29 is 23.1 Å². The molecule has 2 aromatic heterocycles. The van der Waals surface area contributed by atoms with Crippen molar-refractivity contribution in [1.29, 1.82) is 0 Å². The fourth-order valence-electron chi connectivity index (χ4n) is 3.24. The molecule has 3 aromatic rings. The molecule has 146 valence electrons. The van der Waals surface area contributed by atoms with Gasteiger partial charge in [0.15, 0.2) is 5.76 Å². The molecular weight excluding hydrogens is 386 g/mol. The summed E-state index contributed by atoms with van der Waals surface area (Å²) in [7, 11) is 0. The van der Waals surface area contributed by atoms with Gasteiger partial charge < -0.3 is 14.4 Å². The lowest BCUT2D eigenvalue weighted by atomic mass is 10.1. The maximum atomic E-state index is 14.6. The van der Waals surface area contributed by atoms with Crippen LogP contribution in [0.1, 0.15) is 31.4 Å². The average molecular weight is 404 g/mol. The van der Waals surface area contributed by atoms with E-state index in [1.54, 1.807) is 18.3 Å². The topological polar surface area (TPSA) is 68.4 Å². The van der Waals surface area contributed by atoms with Gasteiger partial charge in [-0.05, 0) is 60.7 Å². The molecule has 0 aliphatic heterocycles. The van der Waals surface area contributed by atoms with Crippen LogP contribution in [-0.4, -0.2) is 21.4 Å². The minimum absolute atomic E-state index is 0.0940. The Bertz CT molecular complexity index is 951. The van der Waals surface area contributed by atoms with Crippen LogP contribution in [0, 0.1) is 11.6 Å². The molecule has 1 aromatic carbocycles. The number of pyridine rings is 1. The minimum Gasteiger partial charge on any atom is -0.491 e. The lowest BCUT2D eigenvalue weighted by Gasteiger charge is -2.16. The summed E-state index contributed by atoms with van der Waals surface area (Å²) < 4.78 is 40.1. The highest BCUT2D eigenvalue weighted by atomic mass is 32.2. The second-order valence-corrected chi connectivity index (χ2v) is 7.58. The van der Waals surface area contributed by atoms with E-state index in [1.165, 1.54) is 18.2 Å². The third-order valence-corrected chi connectivity index (χ3v) is 5.67. The van der Waals surface area contributed by atoms with Crippen LogP contribution in [0.3, 0.4) is 0 Å². The highest BCUT2D eigenvalue weighted by Gasteiger charge is 2.21. The second-order valence-electron chi connectivity index (χ2n) is 6.59. The summed E-state index contributed by atoms with van der Waals surface area (Å²) in [5.74, 6) is -0.767. The molecule has 0 saturated heterocycles. The van der Waals surface area contributed by atoms with Crippen LogP contribution < -0.4 is 4.74 Å². The molecule has 0 bridgehead atoms. The van der Waals surface area contributed by atoms with Crippen molar-refractivity contribution in [3.8, 4) is 22.9 Å². The minimum atomic E-state index is -0.681. The van der Waals surface area contributed by atoms with E-state index in [9.17, 15) is 8.78 Å². The first-order valence-electron chi connectivity index (χ1n) is 8.98. The van der Waals surface area contributed by atoms with Gasteiger partial charge in [0, 0.05) is 17.8 Å². The molecule has 0 unspecified atom stereocenters. The molecule has 1 saturated carbocycles. The highest BCUT2D eigenvalue weighted by Crippen LogP contribution is 2.36. The van der Waals surface area contributed by atoms with Gasteiger partial charge in [0.1, 0.15) is 17.7 Å². The molecule has 2 heterocycles. The van der Waals surface area contributed by atoms with E-state index in [1.807, 2.05) is 0 Å². The van der Waals surface area contributed by atoms with Gasteiger partial charge in [-0.25, -0.2) is 13.8 Å². The standard InChI is InChI=1S/C20H18F2N2O3S/c21-16-8-12(9-17(22)19(16)28-11-14-10-18(25)24-27-14)15-6-3-7-23-20(15)26-13-4-1-2-5-13/h3,6-10,13H,1-2,4-5,11H2,(H,24,25). The van der Waals surface area contributed by atoms with Crippen molar-refractivity contribution in [3.63, 3.8) is 0 Å². The first-order valence-corrected chi connectivity index (χ1v) is 9.97. The maximum Gasteiger partial charge on any atom is 0.251 e. The van der Waals surface area contributed by atoms with E-state index in [4.69, 9.17) is 14.4 Å². The number of aromatic nitrogens is 2. The predicted octanol–water partition coefficient (Wildman–Crippen LogP) is 5.33. The Hall–Kier alpha value is -2.61. The van der Waals surface area contributed by atoms with Gasteiger partial charge in [0.2, 0.25) is 5.88 Å². The Morgan fingerprint density at radius 2 is 1.93 bits per heavy atom. The Balaban J connectivity index is 1.57. The summed E-state index contributed by atoms with van der Waals surface area (Å²) in [6.07, 6.45) is 5.86. The Labute approximate surface area is 164 Å². The van der Waals surface area contributed by atoms with E-state index < -0.39 is 11.6 Å². The normalized spacial score (nSPS) is 14.5. The number of rotatable bonds is 6. The number of hydrogen-bond donors (Lipinski definition) is 1. The number of halogens is 2. The zero-order chi connectivity index (χ0) is 19.5. The van der Waals surface area contributed by atoms with Crippen LogP contribution in [0.15, 0.2) is 45.9 Å². The number of nitrogens with zero attached hydrogens (tertiary/aromatic N) is 2. The van der Waals surface area contributed by atoms with Gasteiger partial charge in [-0.15, -0.1) is 11.8 Å². The van der Waals surface area contributed by atoms with Crippen molar-refractivity contribution in [1.82, 2.24) is 10.1 Å². The molecule has 4 rings (SSSR count). The van der Waals surface area contributed by atoms with Gasteiger partial charge in [-0.3, -0.25) is 0 Å². The van der Waals surface area contributed by atoms with Gasteiger partial charge in [0.05, 0.1) is 10.6 Å². The monoisotopic (exact) mass is 404 g/mol. The highest BCUT2D eigenvalue weighted by molar-refractivity contribution is 7.98. The fraction of sp³-hybridized carbons (Fsp3) is 0.300. The van der Waals surface area contributed by atoms with Gasteiger partial charge in [0.25, 0.3) is 5.88 Å². The molecule has 1 fully saturated rings. The van der Waals surface area contributed by atoms with Gasteiger partial charge in [-0.2, -0.15) is 0 Å². The van der Waals surface area contributed by atoms with Crippen molar-refractivity contribution in [3.05, 3.63) is 53.9 Å². The van der Waals surface area contributed by atoms with Crippen molar-refractivity contribution in [2.45, 2.75) is 42.4 Å². The zero-order valence-corrected chi connectivity index (χ0v) is 15.7. The molecule has 1 aliphatic rings. The van der Waals surface area contributed by atoms with Crippen LogP contribution in [0.25, 0.3) is 11.1 Å². The molecule has 8 heteroatoms. The molecule has 0 amide bonds. The smallest absolute Gasteiger partial charge is 0.251 e. The molecule has 1 aliphatic carbocycles. The lowest BCUT2D eigenvalue weighted by Crippen LogP contribution is -2.12. The molecule has 0 atom stereocenters. The number of benzene rings is 1. The summed E-state index contributed by atoms with van der Waals surface area (Å²) in [4.78, 5) is 4.14. The Morgan fingerprint density at radius 1 is 1.18 bits per heavy atom. The third-order valence-electron chi connectivity index (χ3n) is 4.57. The largest absolute Gasteiger partial charge is 0.491 e. The van der Waals surface area contributed by atoms with Crippen LogP contribution in [-0.2, 0) is 5.75 Å². The van der Waals surface area contributed by atoms with Crippen LogP contribution in [0.5, 0.6) is 11.8 Å². The molecule has 0 radical (unpaired) electrons. The number of hydrogen-bond acceptors (Lipinski definition) is 6. The maximum absolute atomic E-state index is 14.6. The summed E-state index contributed by atoms with van der Waals surface area (Å²) in [6, 6.07) is 7.32. The van der Waals surface area contributed by atoms with Crippen molar-refractivity contribution in [2.75, 3.05) is 0 Å². The van der Waals surface area contributed by atoms with Crippen molar-refractivity contribution >= 4 is 11.8 Å². The lowest BCUT2D eigenvalue weighted by molar-refractivity contribution is 0.202. The fourth-order valence-corrected chi connectivity index (χ4v) is 4.05. The first-order chi connectivity index (χ1) is 13.6. The Morgan fingerprint density at radius 3 is 2.61 bits per heavy atom. The van der Waals surface area contributed by atoms with Crippen LogP contribution in [0.4, 0.5) is 8.78 Å². The third kappa shape index (κ3) is 4.11. The molecular formula is C20H18F2N2O3S. The summed E-state index contributed by atoms with van der Waals surface area (Å²) in [5.41, 5.74) is 0.932. The van der Waals surface area contributed by atoms with Crippen molar-refractivity contribution in [2.24, 2.45) is 0 Å². The van der Waals surface area contributed by atoms with Gasteiger partial charge >= 0.3 is 0 Å². The predicted molar refractivity (Wildman–Crippen MR) is 100 cm³/mol. The molecule has 0 spiro atoms. The number of aromatic hydroxyl groups is 1. The second kappa shape index (κ2) is 8.18.